The minimum absolute atomic E-state index is 0. The highest BCUT2D eigenvalue weighted by Gasteiger charge is 2.13. The van der Waals surface area contributed by atoms with Gasteiger partial charge in [-0.15, -0.1) is 24.0 Å². The highest BCUT2D eigenvalue weighted by Crippen LogP contribution is 2.17. The largest absolute Gasteiger partial charge is 0.357 e. The molecule has 0 spiro atoms. The summed E-state index contributed by atoms with van der Waals surface area (Å²) in [6, 6.07) is 4.74. The van der Waals surface area contributed by atoms with Crippen molar-refractivity contribution in [3.05, 3.63) is 23.9 Å². The van der Waals surface area contributed by atoms with Gasteiger partial charge >= 0.3 is 0 Å². The molecular weight excluding hydrogens is 437 g/mol. The van der Waals surface area contributed by atoms with Crippen LogP contribution in [0.3, 0.4) is 0 Å². The molecule has 0 aromatic carbocycles. The topological polar surface area (TPSA) is 52.6 Å². The third-order valence-electron chi connectivity index (χ3n) is 4.80. The molecule has 0 amide bonds. The van der Waals surface area contributed by atoms with Crippen LogP contribution in [-0.2, 0) is 6.54 Å². The molecule has 0 saturated carbocycles. The molecule has 1 aromatic heterocycles. The lowest BCUT2D eigenvalue weighted by Crippen LogP contribution is -2.41. The van der Waals surface area contributed by atoms with Crippen molar-refractivity contribution < 1.29 is 0 Å². The summed E-state index contributed by atoms with van der Waals surface area (Å²) in [4.78, 5) is 11.3. The van der Waals surface area contributed by atoms with Crippen molar-refractivity contribution in [2.75, 3.05) is 25.0 Å². The summed E-state index contributed by atoms with van der Waals surface area (Å²) in [6.45, 7) is 7.50. The summed E-state index contributed by atoms with van der Waals surface area (Å²) in [5, 5.41) is 6.87. The van der Waals surface area contributed by atoms with E-state index in [1.165, 1.54) is 50.5 Å². The van der Waals surface area contributed by atoms with E-state index in [1.807, 2.05) is 13.2 Å². The van der Waals surface area contributed by atoms with E-state index < -0.39 is 0 Å². The van der Waals surface area contributed by atoms with Gasteiger partial charge in [-0.3, -0.25) is 4.99 Å². The molecule has 5 nitrogen and oxygen atoms in total. The molecule has 0 bridgehead atoms. The number of nitrogens with zero attached hydrogens (tertiary/aromatic N) is 3. The van der Waals surface area contributed by atoms with E-state index in [0.717, 1.165) is 31.4 Å². The molecule has 2 heterocycles. The first-order chi connectivity index (χ1) is 12.2. The van der Waals surface area contributed by atoms with Gasteiger partial charge in [0.1, 0.15) is 5.82 Å². The fourth-order valence-electron chi connectivity index (χ4n) is 3.22. The normalized spacial score (nSPS) is 15.5. The number of hydrogen-bond acceptors (Lipinski definition) is 3. The van der Waals surface area contributed by atoms with Crippen LogP contribution in [0.25, 0.3) is 0 Å². The van der Waals surface area contributed by atoms with Crippen molar-refractivity contribution in [2.45, 2.75) is 71.4 Å². The van der Waals surface area contributed by atoms with Crippen molar-refractivity contribution in [3.8, 4) is 0 Å². The first-order valence-electron chi connectivity index (χ1n) is 9.90. The van der Waals surface area contributed by atoms with Gasteiger partial charge in [0.25, 0.3) is 0 Å². The van der Waals surface area contributed by atoms with Gasteiger partial charge < -0.3 is 15.5 Å². The van der Waals surface area contributed by atoms with Gasteiger partial charge in [0.15, 0.2) is 5.96 Å². The maximum absolute atomic E-state index is 4.61. The highest BCUT2D eigenvalue weighted by molar-refractivity contribution is 14.0. The molecule has 26 heavy (non-hydrogen) atoms. The van der Waals surface area contributed by atoms with Crippen LogP contribution in [-0.4, -0.2) is 37.1 Å². The van der Waals surface area contributed by atoms with Gasteiger partial charge in [0, 0.05) is 38.9 Å². The third kappa shape index (κ3) is 8.10. The zero-order chi connectivity index (χ0) is 17.9. The molecule has 1 fully saturated rings. The molecule has 2 N–H and O–H groups in total. The number of rotatable bonds is 9. The summed E-state index contributed by atoms with van der Waals surface area (Å²) in [5.74, 6) is 1.97. The summed E-state index contributed by atoms with van der Waals surface area (Å²) < 4.78 is 0. The van der Waals surface area contributed by atoms with E-state index in [9.17, 15) is 0 Å². The van der Waals surface area contributed by atoms with Crippen LogP contribution < -0.4 is 15.5 Å². The van der Waals surface area contributed by atoms with Crippen LogP contribution >= 0.6 is 24.0 Å². The zero-order valence-corrected chi connectivity index (χ0v) is 19.0. The SMILES string of the molecule is CCCCCCC(C)NC(=NC)NCc1ccc(N2CCCC2)nc1.I. The lowest BCUT2D eigenvalue weighted by molar-refractivity contribution is 0.537. The Balaban J connectivity index is 0.00000338. The zero-order valence-electron chi connectivity index (χ0n) is 16.6. The van der Waals surface area contributed by atoms with Crippen molar-refractivity contribution in [2.24, 2.45) is 4.99 Å². The molecule has 1 atom stereocenters. The number of anilines is 1. The van der Waals surface area contributed by atoms with E-state index in [2.05, 4.69) is 51.5 Å². The van der Waals surface area contributed by atoms with Crippen molar-refractivity contribution in [1.82, 2.24) is 15.6 Å². The monoisotopic (exact) mass is 473 g/mol. The molecule has 0 aliphatic carbocycles. The van der Waals surface area contributed by atoms with Gasteiger partial charge in [-0.05, 0) is 37.8 Å². The molecule has 1 aliphatic rings. The van der Waals surface area contributed by atoms with Gasteiger partial charge in [0.05, 0.1) is 0 Å². The number of hydrogen-bond donors (Lipinski definition) is 2. The Bertz CT molecular complexity index is 511. The third-order valence-corrected chi connectivity index (χ3v) is 4.80. The maximum atomic E-state index is 4.61. The van der Waals surface area contributed by atoms with Gasteiger partial charge in [-0.1, -0.05) is 38.7 Å². The van der Waals surface area contributed by atoms with Crippen molar-refractivity contribution in [1.29, 1.82) is 0 Å². The molecule has 0 radical (unpaired) electrons. The predicted octanol–water partition coefficient (Wildman–Crippen LogP) is 4.32. The number of unbranched alkanes of at least 4 members (excludes halogenated alkanes) is 3. The van der Waals surface area contributed by atoms with Crippen molar-refractivity contribution in [3.63, 3.8) is 0 Å². The maximum Gasteiger partial charge on any atom is 0.191 e. The molecule has 148 valence electrons. The first-order valence-corrected chi connectivity index (χ1v) is 9.90. The van der Waals surface area contributed by atoms with E-state index >= 15 is 0 Å². The van der Waals surface area contributed by atoms with E-state index in [-0.39, 0.29) is 24.0 Å². The Hall–Kier alpha value is -1.05. The molecule has 1 aromatic rings. The second-order valence-corrected chi connectivity index (χ2v) is 7.04. The molecule has 1 unspecified atom stereocenters. The van der Waals surface area contributed by atoms with Gasteiger partial charge in [-0.25, -0.2) is 4.98 Å². The number of halogens is 1. The number of guanidine groups is 1. The quantitative estimate of drug-likeness (QED) is 0.243. The Labute approximate surface area is 176 Å². The van der Waals surface area contributed by atoms with Crippen LogP contribution in [0.4, 0.5) is 5.82 Å². The standard InChI is InChI=1S/C20H35N5.HI/c1-4-5-6-7-10-17(2)24-20(21-3)23-16-18-11-12-19(22-15-18)25-13-8-9-14-25;/h11-12,15,17H,4-10,13-14,16H2,1-3H3,(H2,21,23,24);1H. The minimum atomic E-state index is 0. The fourth-order valence-corrected chi connectivity index (χ4v) is 3.22. The average Bonchev–Trinajstić information content (AvgIpc) is 3.17. The molecule has 1 aliphatic heterocycles. The molecule has 1 saturated heterocycles. The smallest absolute Gasteiger partial charge is 0.191 e. The van der Waals surface area contributed by atoms with E-state index in [0.29, 0.717) is 6.04 Å². The average molecular weight is 473 g/mol. The van der Waals surface area contributed by atoms with Crippen LogP contribution in [0, 0.1) is 0 Å². The van der Waals surface area contributed by atoms with E-state index in [4.69, 9.17) is 0 Å². The summed E-state index contributed by atoms with van der Waals surface area (Å²) >= 11 is 0. The molecule has 2 rings (SSSR count). The predicted molar refractivity (Wildman–Crippen MR) is 123 cm³/mol. The summed E-state index contributed by atoms with van der Waals surface area (Å²) in [7, 11) is 1.83. The lowest BCUT2D eigenvalue weighted by atomic mass is 10.1. The number of aliphatic imine (C=N–C) groups is 1. The minimum Gasteiger partial charge on any atom is -0.357 e. The second kappa shape index (κ2) is 13.2. The van der Waals surface area contributed by atoms with Gasteiger partial charge in [0.2, 0.25) is 0 Å². The van der Waals surface area contributed by atoms with Crippen LogP contribution in [0.1, 0.15) is 64.4 Å². The number of nitrogens with one attached hydrogen (secondary N) is 2. The van der Waals surface area contributed by atoms with Crippen molar-refractivity contribution >= 4 is 35.8 Å². The van der Waals surface area contributed by atoms with Crippen LogP contribution in [0.2, 0.25) is 0 Å². The Morgan fingerprint density at radius 2 is 2.00 bits per heavy atom. The van der Waals surface area contributed by atoms with Crippen LogP contribution in [0.5, 0.6) is 0 Å². The number of aromatic nitrogens is 1. The van der Waals surface area contributed by atoms with Gasteiger partial charge in [-0.2, -0.15) is 0 Å². The highest BCUT2D eigenvalue weighted by atomic mass is 127. The fraction of sp³-hybridized carbons (Fsp3) is 0.700. The summed E-state index contributed by atoms with van der Waals surface area (Å²) in [6.07, 6.45) is 10.9. The Morgan fingerprint density at radius 3 is 2.62 bits per heavy atom. The molecular formula is C20H36IN5. The second-order valence-electron chi connectivity index (χ2n) is 7.04. The van der Waals surface area contributed by atoms with Crippen LogP contribution in [0.15, 0.2) is 23.3 Å². The van der Waals surface area contributed by atoms with E-state index in [1.54, 1.807) is 0 Å². The lowest BCUT2D eigenvalue weighted by Gasteiger charge is -2.18. The Kier molecular flexibility index (Phi) is 11.6. The Morgan fingerprint density at radius 1 is 1.23 bits per heavy atom. The number of pyridine rings is 1. The summed E-state index contributed by atoms with van der Waals surface area (Å²) in [5.41, 5.74) is 1.18. The first kappa shape index (κ1) is 23.0. The molecule has 6 heteroatoms.